The number of rotatable bonds is 3. The molecular formula is C20H16F2N4O. The SMILES string of the molecule is Cc1cc(C(=O)Nc2c(F)cccc2F)nc(N2CCc3ccccc32)n1. The molecule has 4 rings (SSSR count). The smallest absolute Gasteiger partial charge is 0.274 e. The number of aromatic nitrogens is 2. The first kappa shape index (κ1) is 17.1. The van der Waals surface area contributed by atoms with Gasteiger partial charge in [0.2, 0.25) is 5.95 Å². The number of aryl methyl sites for hydroxylation is 1. The van der Waals surface area contributed by atoms with E-state index in [1.165, 1.54) is 17.7 Å². The second-order valence-electron chi connectivity index (χ2n) is 6.28. The number of amides is 1. The van der Waals surface area contributed by atoms with Crippen LogP contribution in [0.3, 0.4) is 0 Å². The Kier molecular flexibility index (Phi) is 4.27. The summed E-state index contributed by atoms with van der Waals surface area (Å²) in [5.74, 6) is -2.00. The maximum absolute atomic E-state index is 13.8. The molecule has 2 heterocycles. The molecule has 0 unspecified atom stereocenters. The van der Waals surface area contributed by atoms with Gasteiger partial charge in [-0.15, -0.1) is 0 Å². The molecule has 1 aromatic heterocycles. The van der Waals surface area contributed by atoms with E-state index in [9.17, 15) is 13.6 Å². The van der Waals surface area contributed by atoms with Gasteiger partial charge in [0, 0.05) is 17.9 Å². The second kappa shape index (κ2) is 6.75. The van der Waals surface area contributed by atoms with E-state index in [1.807, 2.05) is 29.2 Å². The minimum Gasteiger partial charge on any atom is -0.316 e. The monoisotopic (exact) mass is 366 g/mol. The molecule has 0 saturated heterocycles. The zero-order chi connectivity index (χ0) is 19.0. The molecule has 0 fully saturated rings. The number of anilines is 3. The van der Waals surface area contributed by atoms with Crippen molar-refractivity contribution < 1.29 is 13.6 Å². The highest BCUT2D eigenvalue weighted by atomic mass is 19.1. The number of fused-ring (bicyclic) bond motifs is 1. The van der Waals surface area contributed by atoms with Gasteiger partial charge in [0.05, 0.1) is 0 Å². The molecule has 0 radical (unpaired) electrons. The molecule has 136 valence electrons. The van der Waals surface area contributed by atoms with Crippen molar-refractivity contribution >= 4 is 23.2 Å². The van der Waals surface area contributed by atoms with Gasteiger partial charge >= 0.3 is 0 Å². The van der Waals surface area contributed by atoms with Crippen LogP contribution >= 0.6 is 0 Å². The maximum atomic E-state index is 13.8. The molecule has 1 aliphatic rings. The Hall–Kier alpha value is -3.35. The van der Waals surface area contributed by atoms with Crippen molar-refractivity contribution in [1.82, 2.24) is 9.97 Å². The van der Waals surface area contributed by atoms with Crippen molar-refractivity contribution in [2.45, 2.75) is 13.3 Å². The van der Waals surface area contributed by atoms with Crippen molar-refractivity contribution in [2.24, 2.45) is 0 Å². The minimum absolute atomic E-state index is 0.0459. The van der Waals surface area contributed by atoms with E-state index in [4.69, 9.17) is 0 Å². The van der Waals surface area contributed by atoms with Gasteiger partial charge in [-0.25, -0.2) is 18.7 Å². The Balaban J connectivity index is 1.66. The molecule has 27 heavy (non-hydrogen) atoms. The number of hydrogen-bond acceptors (Lipinski definition) is 4. The van der Waals surface area contributed by atoms with E-state index in [2.05, 4.69) is 15.3 Å². The summed E-state index contributed by atoms with van der Waals surface area (Å²) in [5, 5.41) is 2.26. The highest BCUT2D eigenvalue weighted by Crippen LogP contribution is 2.32. The van der Waals surface area contributed by atoms with Gasteiger partial charge in [-0.1, -0.05) is 24.3 Å². The first-order valence-electron chi connectivity index (χ1n) is 8.49. The summed E-state index contributed by atoms with van der Waals surface area (Å²) in [6.45, 7) is 2.44. The van der Waals surface area contributed by atoms with Crippen LogP contribution in [0.5, 0.6) is 0 Å². The lowest BCUT2D eigenvalue weighted by Gasteiger charge is -2.18. The molecule has 0 saturated carbocycles. The van der Waals surface area contributed by atoms with Crippen LogP contribution in [0, 0.1) is 18.6 Å². The summed E-state index contributed by atoms with van der Waals surface area (Å²) in [5.41, 5.74) is 2.32. The molecule has 0 aliphatic carbocycles. The number of hydrogen-bond donors (Lipinski definition) is 1. The number of halogens is 2. The molecule has 0 atom stereocenters. The Labute approximate surface area is 154 Å². The number of carbonyl (C=O) groups excluding carboxylic acids is 1. The van der Waals surface area contributed by atoms with Crippen LogP contribution in [-0.4, -0.2) is 22.4 Å². The third-order valence-corrected chi connectivity index (χ3v) is 4.40. The van der Waals surface area contributed by atoms with E-state index in [0.717, 1.165) is 24.2 Å². The maximum Gasteiger partial charge on any atom is 0.274 e. The van der Waals surface area contributed by atoms with Crippen molar-refractivity contribution in [2.75, 3.05) is 16.8 Å². The van der Waals surface area contributed by atoms with Gasteiger partial charge in [0.25, 0.3) is 5.91 Å². The fourth-order valence-electron chi connectivity index (χ4n) is 3.13. The van der Waals surface area contributed by atoms with Crippen molar-refractivity contribution in [1.29, 1.82) is 0 Å². The molecule has 3 aromatic rings. The average Bonchev–Trinajstić information content (AvgIpc) is 3.08. The average molecular weight is 366 g/mol. The highest BCUT2D eigenvalue weighted by Gasteiger charge is 2.24. The van der Waals surface area contributed by atoms with E-state index in [0.29, 0.717) is 18.2 Å². The predicted molar refractivity (Wildman–Crippen MR) is 98.2 cm³/mol. The van der Waals surface area contributed by atoms with Gasteiger partial charge < -0.3 is 10.2 Å². The standard InChI is InChI=1S/C20H16F2N4O/c1-12-11-16(19(27)25-18-14(21)6-4-7-15(18)22)24-20(23-12)26-10-9-13-5-2-3-8-17(13)26/h2-8,11H,9-10H2,1H3,(H,25,27). The van der Waals surface area contributed by atoms with Crippen molar-refractivity contribution in [3.05, 3.63) is 77.1 Å². The summed E-state index contributed by atoms with van der Waals surface area (Å²) in [6.07, 6.45) is 0.857. The summed E-state index contributed by atoms with van der Waals surface area (Å²) in [4.78, 5) is 23.2. The predicted octanol–water partition coefficient (Wildman–Crippen LogP) is 4.01. The number of para-hydroxylation sites is 2. The van der Waals surface area contributed by atoms with Crippen molar-refractivity contribution in [3.8, 4) is 0 Å². The molecule has 1 aliphatic heterocycles. The first-order valence-corrected chi connectivity index (χ1v) is 8.49. The minimum atomic E-state index is -0.845. The molecule has 0 bridgehead atoms. The Morgan fingerprint density at radius 1 is 1.07 bits per heavy atom. The van der Waals surface area contributed by atoms with Crippen molar-refractivity contribution in [3.63, 3.8) is 0 Å². The lowest BCUT2D eigenvalue weighted by atomic mass is 10.2. The third kappa shape index (κ3) is 3.23. The number of nitrogens with one attached hydrogen (secondary N) is 1. The molecular weight excluding hydrogens is 350 g/mol. The van der Waals surface area contributed by atoms with Gasteiger partial charge in [0.1, 0.15) is 23.0 Å². The lowest BCUT2D eigenvalue weighted by Crippen LogP contribution is -2.21. The lowest BCUT2D eigenvalue weighted by molar-refractivity contribution is 0.102. The zero-order valence-corrected chi connectivity index (χ0v) is 14.5. The second-order valence-corrected chi connectivity index (χ2v) is 6.28. The van der Waals surface area contributed by atoms with Gasteiger partial charge in [0.15, 0.2) is 0 Å². The Morgan fingerprint density at radius 2 is 1.81 bits per heavy atom. The highest BCUT2D eigenvalue weighted by molar-refractivity contribution is 6.03. The van der Waals surface area contributed by atoms with Gasteiger partial charge in [-0.05, 0) is 43.2 Å². The first-order chi connectivity index (χ1) is 13.0. The molecule has 2 aromatic carbocycles. The Morgan fingerprint density at radius 3 is 2.59 bits per heavy atom. The molecule has 1 N–H and O–H groups in total. The number of benzene rings is 2. The fourth-order valence-corrected chi connectivity index (χ4v) is 3.13. The fraction of sp³-hybridized carbons (Fsp3) is 0.150. The summed E-state index contributed by atoms with van der Waals surface area (Å²) >= 11 is 0. The van der Waals surface area contributed by atoms with E-state index < -0.39 is 23.2 Å². The van der Waals surface area contributed by atoms with Crippen LogP contribution in [0.1, 0.15) is 21.7 Å². The van der Waals surface area contributed by atoms with Crippen LogP contribution in [0.25, 0.3) is 0 Å². The van der Waals surface area contributed by atoms with Crippen LogP contribution in [0.4, 0.5) is 26.1 Å². The zero-order valence-electron chi connectivity index (χ0n) is 14.5. The summed E-state index contributed by atoms with van der Waals surface area (Å²) in [6, 6.07) is 12.8. The van der Waals surface area contributed by atoms with Crippen LogP contribution in [-0.2, 0) is 6.42 Å². The molecule has 5 nitrogen and oxygen atoms in total. The largest absolute Gasteiger partial charge is 0.316 e. The summed E-state index contributed by atoms with van der Waals surface area (Å²) in [7, 11) is 0. The number of carbonyl (C=O) groups is 1. The number of nitrogens with zero attached hydrogens (tertiary/aromatic N) is 3. The molecule has 1 amide bonds. The van der Waals surface area contributed by atoms with E-state index in [1.54, 1.807) is 6.92 Å². The third-order valence-electron chi connectivity index (χ3n) is 4.40. The topological polar surface area (TPSA) is 58.1 Å². The molecule has 0 spiro atoms. The quantitative estimate of drug-likeness (QED) is 0.761. The van der Waals surface area contributed by atoms with Crippen LogP contribution in [0.15, 0.2) is 48.5 Å². The van der Waals surface area contributed by atoms with E-state index in [-0.39, 0.29) is 5.69 Å². The van der Waals surface area contributed by atoms with E-state index >= 15 is 0 Å². The van der Waals surface area contributed by atoms with Gasteiger partial charge in [-0.3, -0.25) is 4.79 Å². The van der Waals surface area contributed by atoms with Gasteiger partial charge in [-0.2, -0.15) is 0 Å². The normalized spacial score (nSPS) is 12.8. The van der Waals surface area contributed by atoms with Crippen LogP contribution < -0.4 is 10.2 Å². The summed E-state index contributed by atoms with van der Waals surface area (Å²) < 4.78 is 27.6. The Bertz CT molecular complexity index is 1020. The molecule has 7 heteroatoms. The van der Waals surface area contributed by atoms with Crippen LogP contribution in [0.2, 0.25) is 0 Å².